The van der Waals surface area contributed by atoms with Crippen LogP contribution in [-0.2, 0) is 28.9 Å². The van der Waals surface area contributed by atoms with Crippen LogP contribution in [0.4, 0.5) is 4.79 Å². The van der Waals surface area contributed by atoms with E-state index in [2.05, 4.69) is 32.4 Å². The molecule has 2 aliphatic rings. The van der Waals surface area contributed by atoms with Gasteiger partial charge >= 0.3 is 6.09 Å². The number of likely N-dealkylation sites (tertiary alicyclic amines) is 2. The van der Waals surface area contributed by atoms with E-state index in [-0.39, 0.29) is 42.2 Å². The zero-order chi connectivity index (χ0) is 44.6. The molecule has 4 heterocycles. The Morgan fingerprint density at radius 2 is 1.30 bits per heavy atom. The number of hydrogen-bond acceptors (Lipinski definition) is 11. The number of aldehydes is 1. The van der Waals surface area contributed by atoms with Crippen LogP contribution in [0.3, 0.4) is 0 Å². The minimum atomic E-state index is -0.914. The SMILES string of the molecule is COC(=O)N[C@H](C(=O)N1C[C@@H](SC)C[C@H]1c1ncc(-c2ccc(-c3ccc(-c4cnc([C@@H]5C[C@H](C=O)CN5C(=O)[C@@H](COOC=N)c5ccccc5)[nH]4)cc3)cc2)[nH]1)c1ccccc1. The Balaban J connectivity index is 0.953. The van der Waals surface area contributed by atoms with Crippen LogP contribution >= 0.6 is 11.8 Å². The summed E-state index contributed by atoms with van der Waals surface area (Å²) in [6.07, 6.45) is 7.58. The van der Waals surface area contributed by atoms with E-state index < -0.39 is 24.1 Å². The van der Waals surface area contributed by atoms with Crippen molar-refractivity contribution in [2.24, 2.45) is 5.92 Å². The summed E-state index contributed by atoms with van der Waals surface area (Å²) >= 11 is 1.70. The fourth-order valence-corrected chi connectivity index (χ4v) is 9.23. The quantitative estimate of drug-likeness (QED) is 0.0187. The number of nitrogens with zero attached hydrogens (tertiary/aromatic N) is 4. The van der Waals surface area contributed by atoms with Crippen LogP contribution in [0.2, 0.25) is 0 Å². The Morgan fingerprint density at radius 1 is 0.766 bits per heavy atom. The highest BCUT2D eigenvalue weighted by atomic mass is 32.2. The topological polar surface area (TPSA) is 196 Å². The summed E-state index contributed by atoms with van der Waals surface area (Å²) in [6.45, 7) is 0.659. The molecule has 0 saturated carbocycles. The molecule has 4 N–H and O–H groups in total. The molecule has 15 nitrogen and oxygen atoms in total. The molecule has 328 valence electrons. The Kier molecular flexibility index (Phi) is 13.6. The first-order valence-electron chi connectivity index (χ1n) is 20.9. The summed E-state index contributed by atoms with van der Waals surface area (Å²) in [5.41, 5.74) is 6.87. The molecule has 16 heteroatoms. The summed E-state index contributed by atoms with van der Waals surface area (Å²) in [5.74, 6) is -0.259. The fourth-order valence-electron chi connectivity index (χ4n) is 8.54. The molecule has 3 amide bonds. The van der Waals surface area contributed by atoms with Crippen LogP contribution in [0.1, 0.15) is 59.7 Å². The second-order valence-electron chi connectivity index (χ2n) is 15.7. The lowest BCUT2D eigenvalue weighted by atomic mass is 9.98. The van der Waals surface area contributed by atoms with E-state index in [0.717, 1.165) is 45.5 Å². The summed E-state index contributed by atoms with van der Waals surface area (Å²) in [7, 11) is 1.28. The third-order valence-electron chi connectivity index (χ3n) is 11.9. The van der Waals surface area contributed by atoms with Crippen LogP contribution in [0.5, 0.6) is 0 Å². The number of aromatic nitrogens is 4. The molecule has 6 aromatic rings. The predicted molar refractivity (Wildman–Crippen MR) is 242 cm³/mol. The molecule has 2 fully saturated rings. The van der Waals surface area contributed by atoms with Gasteiger partial charge in [0.1, 0.15) is 30.6 Å². The third-order valence-corrected chi connectivity index (χ3v) is 12.9. The molecule has 2 aromatic heterocycles. The maximum atomic E-state index is 14.2. The van der Waals surface area contributed by atoms with Crippen LogP contribution < -0.4 is 5.32 Å². The molecule has 0 unspecified atom stereocenters. The summed E-state index contributed by atoms with van der Waals surface area (Å²) in [5, 5.41) is 10.1. The second kappa shape index (κ2) is 20.0. The number of rotatable bonds is 16. The fraction of sp³-hybridized carbons (Fsp3) is 0.271. The lowest BCUT2D eigenvalue weighted by Gasteiger charge is -2.28. The van der Waals surface area contributed by atoms with Gasteiger partial charge in [-0.2, -0.15) is 16.6 Å². The van der Waals surface area contributed by atoms with Crippen LogP contribution in [0, 0.1) is 11.3 Å². The number of ether oxygens (including phenoxy) is 1. The zero-order valence-corrected chi connectivity index (χ0v) is 36.1. The van der Waals surface area contributed by atoms with Gasteiger partial charge in [0, 0.05) is 24.3 Å². The summed E-state index contributed by atoms with van der Waals surface area (Å²) < 4.78 is 4.86. The number of carbonyl (C=O) groups excluding carboxylic acids is 4. The Morgan fingerprint density at radius 3 is 1.83 bits per heavy atom. The smallest absolute Gasteiger partial charge is 0.407 e. The van der Waals surface area contributed by atoms with Gasteiger partial charge in [-0.3, -0.25) is 15.0 Å². The van der Waals surface area contributed by atoms with Gasteiger partial charge in [0.05, 0.1) is 48.9 Å². The number of alkyl carbamates (subject to hydrolysis) is 1. The van der Waals surface area contributed by atoms with E-state index in [0.29, 0.717) is 43.0 Å². The van der Waals surface area contributed by atoms with Crippen LogP contribution in [-0.4, -0.2) is 98.6 Å². The average Bonchev–Trinajstić information content (AvgIpc) is 4.19. The summed E-state index contributed by atoms with van der Waals surface area (Å²) in [4.78, 5) is 82.3. The lowest BCUT2D eigenvalue weighted by Crippen LogP contribution is -2.43. The highest BCUT2D eigenvalue weighted by Crippen LogP contribution is 2.39. The van der Waals surface area contributed by atoms with Crippen molar-refractivity contribution in [1.29, 1.82) is 5.41 Å². The molecule has 0 bridgehead atoms. The van der Waals surface area contributed by atoms with Crippen molar-refractivity contribution in [3.05, 3.63) is 144 Å². The van der Waals surface area contributed by atoms with Gasteiger partial charge in [-0.1, -0.05) is 109 Å². The molecule has 8 rings (SSSR count). The minimum Gasteiger partial charge on any atom is -0.453 e. The molecule has 64 heavy (non-hydrogen) atoms. The maximum absolute atomic E-state index is 14.2. The average molecular weight is 881 g/mol. The first-order valence-corrected chi connectivity index (χ1v) is 22.2. The van der Waals surface area contributed by atoms with E-state index in [1.807, 2.05) is 103 Å². The number of imidazole rings is 2. The number of H-pyrrole nitrogens is 2. The Hall–Kier alpha value is -7.04. The number of thioether (sulfide) groups is 1. The molecule has 6 atom stereocenters. The lowest BCUT2D eigenvalue weighted by molar-refractivity contribution is -0.221. The zero-order valence-electron chi connectivity index (χ0n) is 35.3. The largest absolute Gasteiger partial charge is 0.453 e. The van der Waals surface area contributed by atoms with Crippen molar-refractivity contribution in [2.45, 2.75) is 42.1 Å². The number of aromatic amines is 2. The van der Waals surface area contributed by atoms with Gasteiger partial charge in [0.15, 0.2) is 0 Å². The number of carbonyl (C=O) groups is 4. The molecule has 4 aromatic carbocycles. The van der Waals surface area contributed by atoms with Crippen molar-refractivity contribution in [1.82, 2.24) is 35.1 Å². The van der Waals surface area contributed by atoms with Crippen molar-refractivity contribution in [3.8, 4) is 33.6 Å². The summed E-state index contributed by atoms with van der Waals surface area (Å²) in [6, 6.07) is 33.0. The predicted octanol–water partition coefficient (Wildman–Crippen LogP) is 7.66. The molecule has 2 saturated heterocycles. The van der Waals surface area contributed by atoms with E-state index in [9.17, 15) is 19.2 Å². The van der Waals surface area contributed by atoms with E-state index in [1.165, 1.54) is 7.11 Å². The second-order valence-corrected chi connectivity index (χ2v) is 16.8. The van der Waals surface area contributed by atoms with E-state index >= 15 is 0 Å². The Labute approximate surface area is 374 Å². The number of hydrogen-bond donors (Lipinski definition) is 4. The molecule has 0 spiro atoms. The number of benzene rings is 4. The molecular weight excluding hydrogens is 833 g/mol. The van der Waals surface area contributed by atoms with Crippen molar-refractivity contribution in [2.75, 3.05) is 33.1 Å². The van der Waals surface area contributed by atoms with E-state index in [4.69, 9.17) is 24.9 Å². The minimum absolute atomic E-state index is 0.104. The maximum Gasteiger partial charge on any atom is 0.407 e. The van der Waals surface area contributed by atoms with Crippen molar-refractivity contribution >= 4 is 42.4 Å². The van der Waals surface area contributed by atoms with Gasteiger partial charge in [-0.25, -0.2) is 14.8 Å². The van der Waals surface area contributed by atoms with Gasteiger partial charge in [0.2, 0.25) is 12.3 Å². The number of nitrogens with one attached hydrogen (secondary N) is 4. The van der Waals surface area contributed by atoms with Gasteiger partial charge in [-0.05, 0) is 52.5 Å². The van der Waals surface area contributed by atoms with Crippen molar-refractivity contribution in [3.63, 3.8) is 0 Å². The highest BCUT2D eigenvalue weighted by molar-refractivity contribution is 7.99. The molecule has 2 aliphatic heterocycles. The van der Waals surface area contributed by atoms with Crippen LogP contribution in [0.15, 0.2) is 122 Å². The normalized spacial score (nSPS) is 19.2. The van der Waals surface area contributed by atoms with Crippen molar-refractivity contribution < 1.29 is 33.7 Å². The Bertz CT molecular complexity index is 2550. The third kappa shape index (κ3) is 9.47. The van der Waals surface area contributed by atoms with Gasteiger partial charge in [0.25, 0.3) is 5.91 Å². The molecular formula is C48H48N8O7S. The number of amides is 3. The molecule has 0 radical (unpaired) electrons. The van der Waals surface area contributed by atoms with Crippen LogP contribution in [0.25, 0.3) is 33.6 Å². The standard InChI is InChI=1S/C48H48N8O7S/c1-61-48(60)54-43(36-11-7-4-8-12-36)47(59)56-26-37(64-2)22-42(56)45-51-24-40(53-45)35-19-15-32(16-20-35)31-13-17-34(18-14-31)39-23-50-44(52-39)41-21-30(27-57)25-55(41)46(58)38(28-62-63-29-49)33-9-5-3-6-10-33/h3-20,23-24,27,29-30,37-38,41-43,49H,21-22,25-26,28H2,1-2H3,(H,50,52)(H,51,53)(H,54,60)/t30-,37-,38-,41-,42-,43-/m0/s1. The highest BCUT2D eigenvalue weighted by Gasteiger charge is 2.42. The number of methoxy groups -OCH3 is 1. The monoisotopic (exact) mass is 880 g/mol. The van der Waals surface area contributed by atoms with E-state index in [1.54, 1.807) is 34.0 Å². The van der Waals surface area contributed by atoms with Gasteiger partial charge in [-0.15, -0.1) is 0 Å². The first kappa shape index (κ1) is 43.6. The molecule has 0 aliphatic carbocycles. The van der Waals surface area contributed by atoms with Gasteiger partial charge < -0.3 is 39.5 Å². The first-order chi connectivity index (χ1) is 31.3.